The van der Waals surface area contributed by atoms with Crippen molar-refractivity contribution in [2.24, 2.45) is 0 Å². The highest BCUT2D eigenvalue weighted by Crippen LogP contribution is 2.35. The van der Waals surface area contributed by atoms with Crippen molar-refractivity contribution in [2.75, 3.05) is 14.2 Å². The van der Waals surface area contributed by atoms with E-state index in [0.29, 0.717) is 0 Å². The molecule has 160 valence electrons. The molecule has 0 amide bonds. The highest BCUT2D eigenvalue weighted by molar-refractivity contribution is 5.86. The Morgan fingerprint density at radius 2 is 1.67 bits per heavy atom. The van der Waals surface area contributed by atoms with Crippen LogP contribution in [0.25, 0.3) is 6.08 Å². The highest BCUT2D eigenvalue weighted by Gasteiger charge is 2.18. The number of hydrogen-bond donors (Lipinski definition) is 3. The fraction of sp³-hybridized carbons (Fsp3) is 0.200. The number of methoxy groups -OCH3 is 2. The van der Waals surface area contributed by atoms with Crippen LogP contribution < -0.4 is 9.47 Å². The Morgan fingerprint density at radius 1 is 1.10 bits per heavy atom. The molecule has 0 radical (unpaired) electrons. The summed E-state index contributed by atoms with van der Waals surface area (Å²) < 4.78 is 9.93. The van der Waals surface area contributed by atoms with Gasteiger partial charge in [-0.25, -0.2) is 9.59 Å². The van der Waals surface area contributed by atoms with Gasteiger partial charge in [-0.1, -0.05) is 30.3 Å². The minimum Gasteiger partial charge on any atom is -0.493 e. The Bertz CT molecular complexity index is 910. The molecule has 0 saturated carbocycles. The Morgan fingerprint density at radius 3 is 2.13 bits per heavy atom. The van der Waals surface area contributed by atoms with E-state index in [-0.39, 0.29) is 29.2 Å². The summed E-state index contributed by atoms with van der Waals surface area (Å²) >= 11 is 0. The molecule has 10 heteroatoms. The topological polar surface area (TPSA) is 156 Å². The molecule has 2 aromatic carbocycles. The number of ether oxygens (including phenoxy) is 2. The van der Waals surface area contributed by atoms with Crippen molar-refractivity contribution in [1.29, 1.82) is 0 Å². The van der Waals surface area contributed by atoms with E-state index in [1.54, 1.807) is 12.1 Å². The molecule has 0 aliphatic carbocycles. The van der Waals surface area contributed by atoms with Crippen molar-refractivity contribution in [3.05, 3.63) is 69.8 Å². The van der Waals surface area contributed by atoms with E-state index in [1.165, 1.54) is 26.4 Å². The Hall–Kier alpha value is -3.92. The van der Waals surface area contributed by atoms with Crippen LogP contribution in [0.1, 0.15) is 11.1 Å². The average Bonchev–Trinajstić information content (AvgIpc) is 2.72. The van der Waals surface area contributed by atoms with Gasteiger partial charge in [-0.05, 0) is 17.7 Å². The zero-order valence-corrected chi connectivity index (χ0v) is 16.2. The summed E-state index contributed by atoms with van der Waals surface area (Å²) in [6, 6.07) is 11.6. The summed E-state index contributed by atoms with van der Waals surface area (Å²) in [6.45, 7) is 0. The van der Waals surface area contributed by atoms with Crippen molar-refractivity contribution < 1.29 is 39.3 Å². The van der Waals surface area contributed by atoms with Gasteiger partial charge in [-0.15, -0.1) is 0 Å². The summed E-state index contributed by atoms with van der Waals surface area (Å²) in [4.78, 5) is 30.9. The van der Waals surface area contributed by atoms with Gasteiger partial charge >= 0.3 is 11.9 Å². The molecule has 0 aliphatic rings. The monoisotopic (exact) mass is 419 g/mol. The first-order chi connectivity index (χ1) is 14.2. The molecule has 1 unspecified atom stereocenters. The lowest BCUT2D eigenvalue weighted by Crippen LogP contribution is -2.21. The third kappa shape index (κ3) is 7.60. The quantitative estimate of drug-likeness (QED) is 0.332. The first-order valence-electron chi connectivity index (χ1n) is 8.45. The van der Waals surface area contributed by atoms with Crippen molar-refractivity contribution in [3.8, 4) is 11.5 Å². The molecule has 0 bridgehead atoms. The van der Waals surface area contributed by atoms with E-state index in [4.69, 9.17) is 24.8 Å². The number of carbonyl (C=O) groups is 2. The largest absolute Gasteiger partial charge is 0.493 e. The third-order valence-electron chi connectivity index (χ3n) is 3.69. The van der Waals surface area contributed by atoms with Crippen molar-refractivity contribution >= 4 is 23.7 Å². The van der Waals surface area contributed by atoms with Crippen LogP contribution in [0.15, 0.2) is 48.5 Å². The van der Waals surface area contributed by atoms with E-state index in [2.05, 4.69) is 0 Å². The molecule has 0 aliphatic heterocycles. The lowest BCUT2D eigenvalue weighted by atomic mass is 10.1. The molecule has 30 heavy (non-hydrogen) atoms. The van der Waals surface area contributed by atoms with Gasteiger partial charge in [0.25, 0.3) is 5.69 Å². The molecule has 0 fully saturated rings. The van der Waals surface area contributed by atoms with Crippen molar-refractivity contribution in [2.45, 2.75) is 12.5 Å². The molecule has 3 N–H and O–H groups in total. The summed E-state index contributed by atoms with van der Waals surface area (Å²) in [7, 11) is 2.74. The van der Waals surface area contributed by atoms with Gasteiger partial charge in [-0.2, -0.15) is 0 Å². The number of nitro benzene ring substituents is 1. The van der Waals surface area contributed by atoms with E-state index in [1.807, 2.05) is 18.2 Å². The molecule has 2 aromatic rings. The van der Waals surface area contributed by atoms with E-state index in [9.17, 15) is 19.7 Å². The summed E-state index contributed by atoms with van der Waals surface area (Å²) in [5, 5.41) is 36.8. The number of benzene rings is 2. The maximum Gasteiger partial charge on any atom is 0.332 e. The summed E-state index contributed by atoms with van der Waals surface area (Å²) in [5.41, 5.74) is 0.692. The second kappa shape index (κ2) is 11.8. The molecular formula is C20H21NO9. The van der Waals surface area contributed by atoms with Crippen LogP contribution in [-0.2, 0) is 16.0 Å². The number of rotatable bonds is 8. The van der Waals surface area contributed by atoms with Crippen LogP contribution >= 0.6 is 0 Å². The molecule has 1 atom stereocenters. The Kier molecular flexibility index (Phi) is 9.50. The van der Waals surface area contributed by atoms with Crippen molar-refractivity contribution in [3.63, 3.8) is 0 Å². The minimum atomic E-state index is -1.30. The molecule has 0 spiro atoms. The first-order valence-corrected chi connectivity index (χ1v) is 8.45. The lowest BCUT2D eigenvalue weighted by Gasteiger charge is -2.08. The van der Waals surface area contributed by atoms with Crippen LogP contribution in [0.5, 0.6) is 11.5 Å². The van der Waals surface area contributed by atoms with Crippen LogP contribution in [0.3, 0.4) is 0 Å². The predicted octanol–water partition coefficient (Wildman–Crippen LogP) is 2.38. The molecule has 10 nitrogen and oxygen atoms in total. The molecule has 0 saturated heterocycles. The Labute approximate surface area is 171 Å². The van der Waals surface area contributed by atoms with Gasteiger partial charge in [0, 0.05) is 12.5 Å². The van der Waals surface area contributed by atoms with Crippen LogP contribution in [0.4, 0.5) is 5.69 Å². The predicted molar refractivity (Wildman–Crippen MR) is 107 cm³/mol. The van der Waals surface area contributed by atoms with Gasteiger partial charge in [0.15, 0.2) is 17.6 Å². The number of aliphatic carboxylic acids is 2. The first kappa shape index (κ1) is 24.1. The summed E-state index contributed by atoms with van der Waals surface area (Å²) in [5.74, 6) is -1.89. The zero-order valence-electron chi connectivity index (χ0n) is 16.2. The van der Waals surface area contributed by atoms with Crippen molar-refractivity contribution in [1.82, 2.24) is 0 Å². The smallest absolute Gasteiger partial charge is 0.332 e. The highest BCUT2D eigenvalue weighted by atomic mass is 16.6. The summed E-state index contributed by atoms with van der Waals surface area (Å²) in [6.07, 6.45) is 0.805. The number of aliphatic hydroxyl groups excluding tert-OH is 1. The number of nitrogens with zero attached hydrogens (tertiary/aromatic N) is 1. The average molecular weight is 419 g/mol. The van der Waals surface area contributed by atoms with E-state index in [0.717, 1.165) is 17.7 Å². The SMILES string of the molecule is COc1cc(/C=C/C(=O)O)c([N+](=O)[O-])cc1OC.O=C(O)C(O)Cc1ccccc1. The van der Waals surface area contributed by atoms with E-state index < -0.39 is 23.0 Å². The maximum atomic E-state index is 10.9. The minimum absolute atomic E-state index is 0.125. The third-order valence-corrected chi connectivity index (χ3v) is 3.69. The molecule has 0 heterocycles. The maximum absolute atomic E-state index is 10.9. The number of aliphatic hydroxyl groups is 1. The van der Waals surface area contributed by atoms with Gasteiger partial charge < -0.3 is 24.8 Å². The second-order valence-electron chi connectivity index (χ2n) is 5.74. The molecular weight excluding hydrogens is 398 g/mol. The van der Waals surface area contributed by atoms with Crippen LogP contribution in [0, 0.1) is 10.1 Å². The number of hydrogen-bond acceptors (Lipinski definition) is 7. The normalized spacial score (nSPS) is 11.2. The van der Waals surface area contributed by atoms with Gasteiger partial charge in [0.2, 0.25) is 0 Å². The fourth-order valence-electron chi connectivity index (χ4n) is 2.26. The van der Waals surface area contributed by atoms with Gasteiger partial charge in [0.05, 0.1) is 30.8 Å². The molecule has 0 aromatic heterocycles. The second-order valence-corrected chi connectivity index (χ2v) is 5.74. The van der Waals surface area contributed by atoms with Crippen LogP contribution in [0.2, 0.25) is 0 Å². The number of nitro groups is 1. The number of carboxylic acid groups (broad SMARTS) is 2. The fourth-order valence-corrected chi connectivity index (χ4v) is 2.26. The standard InChI is InChI=1S/C11H11NO6.C9H10O3/c1-17-9-5-7(3-4-11(13)14)8(12(15)16)6-10(9)18-2;10-8(9(11)12)6-7-4-2-1-3-5-7/h3-6H,1-2H3,(H,13,14);1-5,8,10H,6H2,(H,11,12)/b4-3+;. The number of carboxylic acids is 2. The zero-order chi connectivity index (χ0) is 22.7. The van der Waals surface area contributed by atoms with Gasteiger partial charge in [0.1, 0.15) is 0 Å². The van der Waals surface area contributed by atoms with E-state index >= 15 is 0 Å². The Balaban J connectivity index is 0.000000325. The lowest BCUT2D eigenvalue weighted by molar-refractivity contribution is -0.385. The van der Waals surface area contributed by atoms with Crippen LogP contribution in [-0.4, -0.2) is 52.5 Å². The van der Waals surface area contributed by atoms with Gasteiger partial charge in [-0.3, -0.25) is 10.1 Å². The molecule has 2 rings (SSSR count).